The van der Waals surface area contributed by atoms with Crippen molar-refractivity contribution in [3.8, 4) is 0 Å². The monoisotopic (exact) mass is 163 g/mol. The molecular weight excluding hydrogens is 154 g/mol. The summed E-state index contributed by atoms with van der Waals surface area (Å²) in [5.74, 6) is -0.686. The summed E-state index contributed by atoms with van der Waals surface area (Å²) >= 11 is 5.42. The van der Waals surface area contributed by atoms with Gasteiger partial charge in [0.05, 0.1) is 0 Å². The summed E-state index contributed by atoms with van der Waals surface area (Å²) in [6.07, 6.45) is 0. The molecule has 1 atom stereocenters. The molecule has 0 aliphatic rings. The summed E-state index contributed by atoms with van der Waals surface area (Å²) in [4.78, 5) is 22.7. The number of halogens is 1. The van der Waals surface area contributed by atoms with Crippen LogP contribution in [0.3, 0.4) is 0 Å². The van der Waals surface area contributed by atoms with Gasteiger partial charge in [-0.15, -0.1) is 11.6 Å². The van der Waals surface area contributed by atoms with Gasteiger partial charge in [0.25, 0.3) is 0 Å². The maximum Gasteiger partial charge on any atom is 0.247 e. The van der Waals surface area contributed by atoms with Crippen LogP contribution in [0.1, 0.15) is 6.92 Å². The second kappa shape index (κ2) is 3.56. The van der Waals surface area contributed by atoms with Crippen molar-refractivity contribution < 1.29 is 9.59 Å². The zero-order chi connectivity index (χ0) is 8.31. The number of rotatable bonds is 2. The van der Waals surface area contributed by atoms with E-state index in [1.165, 1.54) is 11.8 Å². The number of carbonyl (C=O) groups excluding carboxylic acids is 2. The minimum atomic E-state index is -1.02. The maximum absolute atomic E-state index is 10.9. The van der Waals surface area contributed by atoms with Gasteiger partial charge in [-0.3, -0.25) is 9.59 Å². The summed E-state index contributed by atoms with van der Waals surface area (Å²) in [6.45, 7) is 1.29. The lowest BCUT2D eigenvalue weighted by Crippen LogP contribution is -2.34. The number of nitrogens with zero attached hydrogens (tertiary/aromatic N) is 1. The molecule has 0 aliphatic heterocycles. The standard InChI is InChI=1S/C6H10ClNO2/c1-4(9)5(7)6(10)8(2)3/h5H,1-3H3/t5-/m1/s1. The van der Waals surface area contributed by atoms with Crippen LogP contribution >= 0.6 is 11.6 Å². The molecule has 58 valence electrons. The number of hydrogen-bond donors (Lipinski definition) is 0. The van der Waals surface area contributed by atoms with Crippen molar-refractivity contribution in [1.82, 2.24) is 4.90 Å². The Bertz CT molecular complexity index is 156. The molecule has 0 aromatic carbocycles. The number of Topliss-reactive ketones (excluding diaryl/α,β-unsaturated/α-hetero) is 1. The molecule has 0 unspecified atom stereocenters. The van der Waals surface area contributed by atoms with Gasteiger partial charge in [-0.05, 0) is 6.92 Å². The van der Waals surface area contributed by atoms with Gasteiger partial charge in [-0.25, -0.2) is 0 Å². The predicted octanol–water partition coefficient (Wildman–Crippen LogP) is 0.271. The zero-order valence-corrected chi connectivity index (χ0v) is 6.97. The van der Waals surface area contributed by atoms with Gasteiger partial charge in [0, 0.05) is 14.1 Å². The fourth-order valence-corrected chi connectivity index (χ4v) is 0.596. The zero-order valence-electron chi connectivity index (χ0n) is 6.22. The van der Waals surface area contributed by atoms with Crippen LogP contribution < -0.4 is 0 Å². The van der Waals surface area contributed by atoms with Crippen molar-refractivity contribution >= 4 is 23.3 Å². The van der Waals surface area contributed by atoms with E-state index in [1.54, 1.807) is 14.1 Å². The summed E-state index contributed by atoms with van der Waals surface area (Å²) in [6, 6.07) is 0. The largest absolute Gasteiger partial charge is 0.347 e. The quantitative estimate of drug-likeness (QED) is 0.433. The average Bonchev–Trinajstić information content (AvgIpc) is 1.84. The highest BCUT2D eigenvalue weighted by Crippen LogP contribution is 2.00. The van der Waals surface area contributed by atoms with Crippen LogP contribution in [0, 0.1) is 0 Å². The molecule has 0 aromatic rings. The molecule has 10 heavy (non-hydrogen) atoms. The Morgan fingerprint density at radius 3 is 1.90 bits per heavy atom. The molecule has 0 saturated carbocycles. The molecule has 3 nitrogen and oxygen atoms in total. The van der Waals surface area contributed by atoms with Gasteiger partial charge in [-0.2, -0.15) is 0 Å². The van der Waals surface area contributed by atoms with E-state index in [9.17, 15) is 9.59 Å². The topological polar surface area (TPSA) is 37.4 Å². The van der Waals surface area contributed by atoms with E-state index in [2.05, 4.69) is 0 Å². The molecule has 0 spiro atoms. The van der Waals surface area contributed by atoms with E-state index in [0.717, 1.165) is 0 Å². The molecule has 4 heteroatoms. The van der Waals surface area contributed by atoms with Gasteiger partial charge in [0.2, 0.25) is 5.91 Å². The lowest BCUT2D eigenvalue weighted by molar-refractivity contribution is -0.132. The predicted molar refractivity (Wildman–Crippen MR) is 39.0 cm³/mol. The lowest BCUT2D eigenvalue weighted by Gasteiger charge is -2.11. The van der Waals surface area contributed by atoms with E-state index in [4.69, 9.17) is 11.6 Å². The molecule has 0 N–H and O–H groups in total. The second-order valence-corrected chi connectivity index (χ2v) is 2.64. The van der Waals surface area contributed by atoms with E-state index in [1.807, 2.05) is 0 Å². The Balaban J connectivity index is 4.08. The summed E-state index contributed by atoms with van der Waals surface area (Å²) in [5, 5.41) is -1.02. The molecule has 0 bridgehead atoms. The van der Waals surface area contributed by atoms with E-state index in [-0.39, 0.29) is 11.7 Å². The minimum absolute atomic E-state index is 0.319. The molecule has 0 aromatic heterocycles. The SMILES string of the molecule is CC(=O)[C@@H](Cl)C(=O)N(C)C. The maximum atomic E-state index is 10.9. The Morgan fingerprint density at radius 2 is 1.80 bits per heavy atom. The Kier molecular flexibility index (Phi) is 3.36. The highest BCUT2D eigenvalue weighted by molar-refractivity contribution is 6.41. The molecule has 0 heterocycles. The third-order valence-corrected chi connectivity index (χ3v) is 1.51. The molecule has 0 fully saturated rings. The number of ketones is 1. The smallest absolute Gasteiger partial charge is 0.247 e. The van der Waals surface area contributed by atoms with Crippen LogP contribution in [-0.2, 0) is 9.59 Å². The normalized spacial score (nSPS) is 12.4. The van der Waals surface area contributed by atoms with Crippen molar-refractivity contribution in [1.29, 1.82) is 0 Å². The third-order valence-electron chi connectivity index (χ3n) is 1.01. The third kappa shape index (κ3) is 2.35. The van der Waals surface area contributed by atoms with Crippen LogP contribution in [0.5, 0.6) is 0 Å². The average molecular weight is 164 g/mol. The molecule has 1 amide bonds. The molecule has 0 saturated heterocycles. The summed E-state index contributed by atoms with van der Waals surface area (Å²) < 4.78 is 0. The first-order valence-electron chi connectivity index (χ1n) is 2.82. The van der Waals surface area contributed by atoms with Crippen molar-refractivity contribution in [2.75, 3.05) is 14.1 Å². The Hall–Kier alpha value is -0.570. The second-order valence-electron chi connectivity index (χ2n) is 2.21. The minimum Gasteiger partial charge on any atom is -0.347 e. The number of carbonyl (C=O) groups is 2. The first kappa shape index (κ1) is 9.43. The van der Waals surface area contributed by atoms with E-state index < -0.39 is 5.38 Å². The highest BCUT2D eigenvalue weighted by atomic mass is 35.5. The summed E-state index contributed by atoms with van der Waals surface area (Å²) in [5.41, 5.74) is 0. The van der Waals surface area contributed by atoms with Crippen molar-refractivity contribution in [2.45, 2.75) is 12.3 Å². The van der Waals surface area contributed by atoms with Crippen LogP contribution in [-0.4, -0.2) is 36.1 Å². The van der Waals surface area contributed by atoms with Gasteiger partial charge < -0.3 is 4.90 Å². The van der Waals surface area contributed by atoms with Crippen molar-refractivity contribution in [3.63, 3.8) is 0 Å². The van der Waals surface area contributed by atoms with E-state index >= 15 is 0 Å². The van der Waals surface area contributed by atoms with Gasteiger partial charge in [0.15, 0.2) is 11.2 Å². The molecule has 0 radical (unpaired) electrons. The number of alkyl halides is 1. The first-order valence-corrected chi connectivity index (χ1v) is 3.26. The number of hydrogen-bond acceptors (Lipinski definition) is 2. The van der Waals surface area contributed by atoms with Crippen LogP contribution in [0.25, 0.3) is 0 Å². The van der Waals surface area contributed by atoms with Gasteiger partial charge >= 0.3 is 0 Å². The fourth-order valence-electron chi connectivity index (χ4n) is 0.401. The fraction of sp³-hybridized carbons (Fsp3) is 0.667. The van der Waals surface area contributed by atoms with Crippen LogP contribution in [0.15, 0.2) is 0 Å². The molecule has 0 aliphatic carbocycles. The lowest BCUT2D eigenvalue weighted by atomic mass is 10.3. The van der Waals surface area contributed by atoms with Crippen molar-refractivity contribution in [3.05, 3.63) is 0 Å². The van der Waals surface area contributed by atoms with Gasteiger partial charge in [0.1, 0.15) is 0 Å². The Labute approximate surface area is 65.0 Å². The van der Waals surface area contributed by atoms with Crippen molar-refractivity contribution in [2.24, 2.45) is 0 Å². The summed E-state index contributed by atoms with van der Waals surface area (Å²) in [7, 11) is 3.11. The first-order chi connectivity index (χ1) is 4.46. The molecular formula is C6H10ClNO2. The Morgan fingerprint density at radius 1 is 1.40 bits per heavy atom. The highest BCUT2D eigenvalue weighted by Gasteiger charge is 2.21. The number of amides is 1. The van der Waals surface area contributed by atoms with Crippen LogP contribution in [0.2, 0.25) is 0 Å². The van der Waals surface area contributed by atoms with E-state index in [0.29, 0.717) is 0 Å². The van der Waals surface area contributed by atoms with Gasteiger partial charge in [-0.1, -0.05) is 0 Å². The van der Waals surface area contributed by atoms with Crippen LogP contribution in [0.4, 0.5) is 0 Å². The molecule has 0 rings (SSSR count).